The van der Waals surface area contributed by atoms with Crippen molar-refractivity contribution in [2.24, 2.45) is 0 Å². The van der Waals surface area contributed by atoms with E-state index in [1.54, 1.807) is 36.5 Å². The Morgan fingerprint density at radius 2 is 2.00 bits per heavy atom. The Morgan fingerprint density at radius 1 is 1.19 bits per heavy atom. The molecule has 2 aliphatic heterocycles. The van der Waals surface area contributed by atoms with E-state index in [1.165, 1.54) is 6.07 Å². The van der Waals surface area contributed by atoms with E-state index in [0.717, 1.165) is 37.1 Å². The van der Waals surface area contributed by atoms with Crippen LogP contribution in [0.3, 0.4) is 0 Å². The summed E-state index contributed by atoms with van der Waals surface area (Å²) in [6.45, 7) is 3.97. The van der Waals surface area contributed by atoms with Gasteiger partial charge in [-0.05, 0) is 30.3 Å². The summed E-state index contributed by atoms with van der Waals surface area (Å²) in [4.78, 5) is 29.4. The normalized spacial score (nSPS) is 17.8. The highest BCUT2D eigenvalue weighted by Gasteiger charge is 2.32. The number of aromatic nitrogens is 1. The van der Waals surface area contributed by atoms with Gasteiger partial charge in [-0.2, -0.15) is 0 Å². The van der Waals surface area contributed by atoms with E-state index < -0.39 is 5.97 Å². The van der Waals surface area contributed by atoms with Gasteiger partial charge >= 0.3 is 5.97 Å². The predicted octanol–water partition coefficient (Wildman–Crippen LogP) is 2.59. The lowest BCUT2D eigenvalue weighted by molar-refractivity contribution is 0.0697. The van der Waals surface area contributed by atoms with Crippen molar-refractivity contribution >= 4 is 28.7 Å². The number of H-pyrrole nitrogens is 1. The van der Waals surface area contributed by atoms with E-state index in [1.807, 2.05) is 0 Å². The smallest absolute Gasteiger partial charge is 0.335 e. The van der Waals surface area contributed by atoms with Gasteiger partial charge in [0.15, 0.2) is 5.76 Å². The maximum absolute atomic E-state index is 13.0. The molecule has 3 heterocycles. The van der Waals surface area contributed by atoms with Gasteiger partial charge in [-0.25, -0.2) is 4.79 Å². The molecular formula is C23H21N3O5. The molecule has 0 saturated carbocycles. The number of phenolic OH excluding ortho intramolecular Hbond substituents is 1. The van der Waals surface area contributed by atoms with Crippen LogP contribution in [0.2, 0.25) is 0 Å². The third-order valence-electron chi connectivity index (χ3n) is 5.75. The van der Waals surface area contributed by atoms with E-state index in [-0.39, 0.29) is 22.9 Å². The number of nitrogens with one attached hydrogen (secondary N) is 2. The summed E-state index contributed by atoms with van der Waals surface area (Å²) in [5, 5.41) is 23.7. The number of carbonyl (C=O) groups excluding carboxylic acids is 1. The van der Waals surface area contributed by atoms with Crippen LogP contribution in [0.4, 0.5) is 0 Å². The number of ketones is 1. The summed E-state index contributed by atoms with van der Waals surface area (Å²) in [5.41, 5.74) is 2.60. The summed E-state index contributed by atoms with van der Waals surface area (Å²) in [6.07, 6.45) is 3.36. The number of aromatic amines is 1. The molecule has 0 atom stereocenters. The van der Waals surface area contributed by atoms with Crippen molar-refractivity contribution < 1.29 is 24.5 Å². The van der Waals surface area contributed by atoms with Gasteiger partial charge in [0.2, 0.25) is 5.78 Å². The monoisotopic (exact) mass is 419 g/mol. The minimum atomic E-state index is -1.00. The van der Waals surface area contributed by atoms with Crippen molar-refractivity contribution in [3.63, 3.8) is 0 Å². The number of aromatic hydroxyl groups is 1. The van der Waals surface area contributed by atoms with Crippen molar-refractivity contribution in [2.75, 3.05) is 26.2 Å². The van der Waals surface area contributed by atoms with Crippen LogP contribution in [-0.2, 0) is 6.54 Å². The fourth-order valence-electron chi connectivity index (χ4n) is 4.08. The second-order valence-corrected chi connectivity index (χ2v) is 7.72. The van der Waals surface area contributed by atoms with E-state index in [9.17, 15) is 14.7 Å². The van der Waals surface area contributed by atoms with Gasteiger partial charge in [-0.3, -0.25) is 9.69 Å². The topological polar surface area (TPSA) is 115 Å². The molecule has 31 heavy (non-hydrogen) atoms. The molecule has 1 fully saturated rings. The average molecular weight is 419 g/mol. The number of ether oxygens (including phenoxy) is 1. The number of carboxylic acid groups (broad SMARTS) is 1. The minimum absolute atomic E-state index is 0.111. The highest BCUT2D eigenvalue weighted by molar-refractivity contribution is 6.15. The number of phenols is 1. The SMILES string of the molecule is O=C(O)c1ccc2c(C=C3Oc4c(ccc(O)c4CN4CCNCC4)C3=O)c[nH]c2c1. The fourth-order valence-corrected chi connectivity index (χ4v) is 4.08. The van der Waals surface area contributed by atoms with Gasteiger partial charge in [0.1, 0.15) is 11.5 Å². The molecule has 8 nitrogen and oxygen atoms in total. The Hall–Kier alpha value is -3.62. The number of nitrogens with zero attached hydrogens (tertiary/aromatic N) is 1. The van der Waals surface area contributed by atoms with Crippen LogP contribution in [0.15, 0.2) is 42.3 Å². The molecule has 5 rings (SSSR count). The van der Waals surface area contributed by atoms with Crippen molar-refractivity contribution in [1.82, 2.24) is 15.2 Å². The zero-order valence-electron chi connectivity index (χ0n) is 16.6. The van der Waals surface area contributed by atoms with Gasteiger partial charge in [-0.15, -0.1) is 0 Å². The third kappa shape index (κ3) is 3.45. The first-order valence-corrected chi connectivity index (χ1v) is 10.1. The number of hydrogen-bond donors (Lipinski definition) is 4. The summed E-state index contributed by atoms with van der Waals surface area (Å²) in [6, 6.07) is 7.91. The van der Waals surface area contributed by atoms with E-state index in [2.05, 4.69) is 15.2 Å². The Labute approximate surface area is 177 Å². The molecule has 2 aromatic carbocycles. The van der Waals surface area contributed by atoms with Gasteiger partial charge < -0.3 is 25.3 Å². The predicted molar refractivity (Wildman–Crippen MR) is 114 cm³/mol. The van der Waals surface area contributed by atoms with Crippen molar-refractivity contribution in [2.45, 2.75) is 6.54 Å². The number of carbonyl (C=O) groups is 2. The Bertz CT molecular complexity index is 1240. The molecule has 0 amide bonds. The number of allylic oxidation sites excluding steroid dienone is 1. The van der Waals surface area contributed by atoms with E-state index in [0.29, 0.717) is 28.9 Å². The molecule has 4 N–H and O–H groups in total. The maximum atomic E-state index is 13.0. The van der Waals surface area contributed by atoms with Gasteiger partial charge in [0, 0.05) is 55.4 Å². The average Bonchev–Trinajstić information content (AvgIpc) is 3.32. The Balaban J connectivity index is 1.48. The van der Waals surface area contributed by atoms with Gasteiger partial charge in [0.05, 0.1) is 16.7 Å². The van der Waals surface area contributed by atoms with Crippen molar-refractivity contribution in [3.05, 3.63) is 64.5 Å². The molecule has 0 aliphatic carbocycles. The van der Waals surface area contributed by atoms with E-state index >= 15 is 0 Å². The van der Waals surface area contributed by atoms with Crippen LogP contribution >= 0.6 is 0 Å². The van der Waals surface area contributed by atoms with Crippen molar-refractivity contribution in [3.8, 4) is 11.5 Å². The van der Waals surface area contributed by atoms with Crippen LogP contribution in [0.25, 0.3) is 17.0 Å². The number of hydrogen-bond acceptors (Lipinski definition) is 6. The Kier molecular flexibility index (Phi) is 4.72. The lowest BCUT2D eigenvalue weighted by atomic mass is 10.0. The van der Waals surface area contributed by atoms with Crippen LogP contribution in [0.1, 0.15) is 31.8 Å². The number of aromatic carboxylic acids is 1. The third-order valence-corrected chi connectivity index (χ3v) is 5.75. The molecule has 8 heteroatoms. The lowest BCUT2D eigenvalue weighted by Gasteiger charge is -2.27. The quantitative estimate of drug-likeness (QED) is 0.481. The maximum Gasteiger partial charge on any atom is 0.335 e. The first-order chi connectivity index (χ1) is 15.0. The molecule has 0 radical (unpaired) electrons. The highest BCUT2D eigenvalue weighted by atomic mass is 16.5. The summed E-state index contributed by atoms with van der Waals surface area (Å²) in [5.74, 6) is -0.557. The summed E-state index contributed by atoms with van der Waals surface area (Å²) in [7, 11) is 0. The molecule has 3 aromatic rings. The zero-order valence-corrected chi connectivity index (χ0v) is 16.6. The molecule has 2 aliphatic rings. The number of rotatable bonds is 4. The second-order valence-electron chi connectivity index (χ2n) is 7.72. The number of benzene rings is 2. The Morgan fingerprint density at radius 3 is 2.77 bits per heavy atom. The largest absolute Gasteiger partial charge is 0.507 e. The summed E-state index contributed by atoms with van der Waals surface area (Å²) < 4.78 is 5.96. The van der Waals surface area contributed by atoms with Gasteiger partial charge in [0.25, 0.3) is 0 Å². The molecule has 1 aromatic heterocycles. The number of fused-ring (bicyclic) bond motifs is 2. The van der Waals surface area contributed by atoms with Crippen LogP contribution in [-0.4, -0.2) is 58.0 Å². The summed E-state index contributed by atoms with van der Waals surface area (Å²) >= 11 is 0. The van der Waals surface area contributed by atoms with Crippen molar-refractivity contribution in [1.29, 1.82) is 0 Å². The van der Waals surface area contributed by atoms with Crippen LogP contribution in [0, 0.1) is 0 Å². The fraction of sp³-hybridized carbons (Fsp3) is 0.217. The van der Waals surface area contributed by atoms with Crippen LogP contribution in [0.5, 0.6) is 11.5 Å². The highest BCUT2D eigenvalue weighted by Crippen LogP contribution is 2.40. The zero-order chi connectivity index (χ0) is 21.5. The first kappa shape index (κ1) is 19.3. The van der Waals surface area contributed by atoms with Gasteiger partial charge in [-0.1, -0.05) is 6.07 Å². The lowest BCUT2D eigenvalue weighted by Crippen LogP contribution is -2.42. The number of carboxylic acids is 1. The number of piperazine rings is 1. The first-order valence-electron chi connectivity index (χ1n) is 10.1. The second kappa shape index (κ2) is 7.57. The molecule has 0 unspecified atom stereocenters. The standard InChI is InChI=1S/C23H21N3O5/c27-19-4-3-16-21(28)20(31-22(16)17(19)12-26-7-5-24-6-8-26)10-14-11-25-18-9-13(23(29)30)1-2-15(14)18/h1-4,9-11,24-25,27H,5-8,12H2,(H,29,30). The minimum Gasteiger partial charge on any atom is -0.507 e. The number of Topliss-reactive ketones (excluding diaryl/α,β-unsaturated/α-hetero) is 1. The molecule has 1 saturated heterocycles. The van der Waals surface area contributed by atoms with E-state index in [4.69, 9.17) is 9.84 Å². The molecule has 0 bridgehead atoms. The molecule has 0 spiro atoms. The molecule has 158 valence electrons. The molecular weight excluding hydrogens is 398 g/mol. The van der Waals surface area contributed by atoms with Crippen LogP contribution < -0.4 is 10.1 Å².